The Bertz CT molecular complexity index is 455. The molecule has 21 heavy (non-hydrogen) atoms. The fraction of sp³-hybridized carbons (Fsp3) is 0.588. The highest BCUT2D eigenvalue weighted by molar-refractivity contribution is 5.97. The van der Waals surface area contributed by atoms with E-state index in [4.69, 9.17) is 4.74 Å². The smallest absolute Gasteiger partial charge is 0.255 e. The van der Waals surface area contributed by atoms with Crippen LogP contribution in [0.15, 0.2) is 24.3 Å². The van der Waals surface area contributed by atoms with Crippen molar-refractivity contribution in [2.24, 2.45) is 5.92 Å². The Labute approximate surface area is 126 Å². The molecule has 0 aromatic heterocycles. The minimum atomic E-state index is -0.114. The predicted octanol–water partition coefficient (Wildman–Crippen LogP) is 2.76. The van der Waals surface area contributed by atoms with Crippen molar-refractivity contribution in [3.05, 3.63) is 29.8 Å². The summed E-state index contributed by atoms with van der Waals surface area (Å²) in [6.07, 6.45) is 6.61. The van der Waals surface area contributed by atoms with Gasteiger partial charge in [-0.05, 0) is 37.3 Å². The molecule has 4 nitrogen and oxygen atoms in total. The number of aliphatic hydroxyl groups is 1. The zero-order valence-electron chi connectivity index (χ0n) is 12.7. The van der Waals surface area contributed by atoms with Gasteiger partial charge in [0.15, 0.2) is 0 Å². The average molecular weight is 291 g/mol. The molecule has 1 fully saturated rings. The number of benzene rings is 1. The lowest BCUT2D eigenvalue weighted by molar-refractivity contribution is 0.0896. The molecule has 1 saturated carbocycles. The van der Waals surface area contributed by atoms with Gasteiger partial charge in [0.2, 0.25) is 0 Å². The second kappa shape index (κ2) is 8.03. The van der Waals surface area contributed by atoms with Crippen molar-refractivity contribution in [3.63, 3.8) is 0 Å². The summed E-state index contributed by atoms with van der Waals surface area (Å²) < 4.78 is 5.24. The van der Waals surface area contributed by atoms with Gasteiger partial charge in [0.05, 0.1) is 12.7 Å². The van der Waals surface area contributed by atoms with E-state index in [1.807, 2.05) is 12.1 Å². The molecular formula is C17H25NO3. The van der Waals surface area contributed by atoms with Gasteiger partial charge < -0.3 is 15.2 Å². The summed E-state index contributed by atoms with van der Waals surface area (Å²) in [6.45, 7) is 0.105. The van der Waals surface area contributed by atoms with Gasteiger partial charge in [0.1, 0.15) is 5.75 Å². The van der Waals surface area contributed by atoms with Crippen molar-refractivity contribution in [1.82, 2.24) is 5.32 Å². The molecule has 2 N–H and O–H groups in total. The van der Waals surface area contributed by atoms with Crippen LogP contribution in [0.3, 0.4) is 0 Å². The second-order valence-electron chi connectivity index (χ2n) is 5.69. The maximum Gasteiger partial charge on any atom is 0.255 e. The Balaban J connectivity index is 2.06. The van der Waals surface area contributed by atoms with Crippen LogP contribution >= 0.6 is 0 Å². The summed E-state index contributed by atoms with van der Waals surface area (Å²) in [5.41, 5.74) is 0.554. The van der Waals surface area contributed by atoms with Gasteiger partial charge in [0.25, 0.3) is 5.91 Å². The molecule has 1 amide bonds. The number of hydrogen-bond donors (Lipinski definition) is 2. The number of carbonyl (C=O) groups is 1. The highest BCUT2D eigenvalue weighted by atomic mass is 16.5. The maximum absolute atomic E-state index is 12.5. The molecule has 0 bridgehead atoms. The van der Waals surface area contributed by atoms with Crippen molar-refractivity contribution in [1.29, 1.82) is 0 Å². The maximum atomic E-state index is 12.5. The number of carbonyl (C=O) groups excluding carboxylic acids is 1. The van der Waals surface area contributed by atoms with Gasteiger partial charge in [-0.3, -0.25) is 4.79 Å². The van der Waals surface area contributed by atoms with Crippen LogP contribution in [0.2, 0.25) is 0 Å². The first-order valence-electron chi connectivity index (χ1n) is 7.81. The number of ether oxygens (including phenoxy) is 1. The molecule has 0 saturated heterocycles. The van der Waals surface area contributed by atoms with Crippen molar-refractivity contribution in [2.75, 3.05) is 13.7 Å². The molecule has 1 aromatic rings. The summed E-state index contributed by atoms with van der Waals surface area (Å²) >= 11 is 0. The fourth-order valence-corrected chi connectivity index (χ4v) is 3.18. The van der Waals surface area contributed by atoms with Gasteiger partial charge >= 0.3 is 0 Å². The Kier molecular flexibility index (Phi) is 6.05. The molecule has 116 valence electrons. The first-order chi connectivity index (χ1) is 10.3. The fourth-order valence-electron chi connectivity index (χ4n) is 3.18. The van der Waals surface area contributed by atoms with Crippen LogP contribution in [0.25, 0.3) is 0 Å². The van der Waals surface area contributed by atoms with Crippen molar-refractivity contribution in [3.8, 4) is 5.75 Å². The molecule has 1 atom stereocenters. The molecule has 0 aliphatic heterocycles. The zero-order valence-corrected chi connectivity index (χ0v) is 12.7. The van der Waals surface area contributed by atoms with Crippen LogP contribution in [0.4, 0.5) is 0 Å². The Morgan fingerprint density at radius 3 is 2.71 bits per heavy atom. The molecule has 1 aliphatic rings. The van der Waals surface area contributed by atoms with Gasteiger partial charge in [-0.1, -0.05) is 31.4 Å². The summed E-state index contributed by atoms with van der Waals surface area (Å²) in [6, 6.07) is 7.29. The van der Waals surface area contributed by atoms with Crippen molar-refractivity contribution >= 4 is 5.91 Å². The molecule has 1 aromatic carbocycles. The monoisotopic (exact) mass is 291 g/mol. The second-order valence-corrected chi connectivity index (χ2v) is 5.69. The van der Waals surface area contributed by atoms with Crippen LogP contribution in [-0.2, 0) is 0 Å². The standard InChI is InChI=1S/C17H25NO3/c1-21-16-10-6-5-9-14(16)17(20)18-15(11-12-19)13-7-3-2-4-8-13/h5-6,9-10,13,15,19H,2-4,7-8,11-12H2,1H3,(H,18,20). The minimum Gasteiger partial charge on any atom is -0.496 e. The lowest BCUT2D eigenvalue weighted by Crippen LogP contribution is -2.41. The SMILES string of the molecule is COc1ccccc1C(=O)NC(CCO)C1CCCCC1. The highest BCUT2D eigenvalue weighted by Crippen LogP contribution is 2.28. The summed E-state index contributed by atoms with van der Waals surface area (Å²) in [5.74, 6) is 0.947. The largest absolute Gasteiger partial charge is 0.496 e. The Hall–Kier alpha value is -1.55. The number of amides is 1. The third kappa shape index (κ3) is 4.21. The Morgan fingerprint density at radius 2 is 2.05 bits per heavy atom. The van der Waals surface area contributed by atoms with E-state index >= 15 is 0 Å². The highest BCUT2D eigenvalue weighted by Gasteiger charge is 2.25. The van der Waals surface area contributed by atoms with E-state index in [9.17, 15) is 9.90 Å². The third-order valence-corrected chi connectivity index (χ3v) is 4.33. The minimum absolute atomic E-state index is 0.0488. The summed E-state index contributed by atoms with van der Waals surface area (Å²) in [7, 11) is 1.57. The third-order valence-electron chi connectivity index (χ3n) is 4.33. The van der Waals surface area contributed by atoms with Crippen LogP contribution in [0, 0.1) is 5.92 Å². The van der Waals surface area contributed by atoms with Gasteiger partial charge in [-0.2, -0.15) is 0 Å². The first kappa shape index (κ1) is 15.8. The quantitative estimate of drug-likeness (QED) is 0.847. The lowest BCUT2D eigenvalue weighted by Gasteiger charge is -2.30. The molecule has 0 spiro atoms. The summed E-state index contributed by atoms with van der Waals surface area (Å²) in [5, 5.41) is 12.4. The average Bonchev–Trinajstić information content (AvgIpc) is 2.55. The van der Waals surface area contributed by atoms with Gasteiger partial charge in [-0.15, -0.1) is 0 Å². The molecule has 0 heterocycles. The number of hydrogen-bond acceptors (Lipinski definition) is 3. The van der Waals surface area contributed by atoms with Crippen LogP contribution in [0.1, 0.15) is 48.9 Å². The predicted molar refractivity (Wildman–Crippen MR) is 82.5 cm³/mol. The van der Waals surface area contributed by atoms with E-state index in [1.165, 1.54) is 19.3 Å². The van der Waals surface area contributed by atoms with E-state index in [-0.39, 0.29) is 18.6 Å². The van der Waals surface area contributed by atoms with Gasteiger partial charge in [-0.25, -0.2) is 0 Å². The van der Waals surface area contributed by atoms with Crippen LogP contribution in [-0.4, -0.2) is 30.8 Å². The summed E-state index contributed by atoms with van der Waals surface area (Å²) in [4.78, 5) is 12.5. The topological polar surface area (TPSA) is 58.6 Å². The lowest BCUT2D eigenvalue weighted by atomic mass is 9.82. The first-order valence-corrected chi connectivity index (χ1v) is 7.81. The van der Waals surface area contributed by atoms with E-state index < -0.39 is 0 Å². The van der Waals surface area contributed by atoms with E-state index in [1.54, 1.807) is 19.2 Å². The Morgan fingerprint density at radius 1 is 1.33 bits per heavy atom. The number of aliphatic hydroxyl groups excluding tert-OH is 1. The molecule has 1 unspecified atom stereocenters. The van der Waals surface area contributed by atoms with Crippen molar-refractivity contribution < 1.29 is 14.6 Å². The number of rotatable bonds is 6. The van der Waals surface area contributed by atoms with E-state index in [0.717, 1.165) is 12.8 Å². The number of methoxy groups -OCH3 is 1. The van der Waals surface area contributed by atoms with Crippen molar-refractivity contribution in [2.45, 2.75) is 44.6 Å². The molecular weight excluding hydrogens is 266 g/mol. The molecule has 0 radical (unpaired) electrons. The molecule has 2 rings (SSSR count). The number of para-hydroxylation sites is 1. The number of nitrogens with one attached hydrogen (secondary N) is 1. The molecule has 4 heteroatoms. The van der Waals surface area contributed by atoms with Crippen LogP contribution in [0.5, 0.6) is 5.75 Å². The normalized spacial score (nSPS) is 17.2. The van der Waals surface area contributed by atoms with E-state index in [2.05, 4.69) is 5.32 Å². The van der Waals surface area contributed by atoms with Crippen LogP contribution < -0.4 is 10.1 Å². The van der Waals surface area contributed by atoms with Gasteiger partial charge in [0, 0.05) is 12.6 Å². The zero-order chi connectivity index (χ0) is 15.1. The van der Waals surface area contributed by atoms with E-state index in [0.29, 0.717) is 23.7 Å². The molecule has 1 aliphatic carbocycles.